The molecule has 4 aromatic carbocycles. The van der Waals surface area contributed by atoms with Crippen LogP contribution >= 0.6 is 0 Å². The molecule has 0 radical (unpaired) electrons. The van der Waals surface area contributed by atoms with Gasteiger partial charge in [0, 0.05) is 12.1 Å². The molecular weight excluding hydrogens is 628 g/mol. The summed E-state index contributed by atoms with van der Waals surface area (Å²) in [7, 11) is -4.59. The Bertz CT molecular complexity index is 1830. The molecule has 0 unspecified atom stereocenters. The lowest BCUT2D eigenvalue weighted by atomic mass is 9.87. The Kier molecular flexibility index (Phi) is 9.25. The summed E-state index contributed by atoms with van der Waals surface area (Å²) < 4.78 is 27.3. The maximum absolute atomic E-state index is 13.6. The average Bonchev–Trinajstić information content (AvgIpc) is 3.01. The van der Waals surface area contributed by atoms with Gasteiger partial charge in [-0.2, -0.15) is 10.0 Å². The number of nitroso groups, excluding NO2 is 2. The molecule has 0 saturated carbocycles. The summed E-state index contributed by atoms with van der Waals surface area (Å²) in [6, 6.07) is 18.9. The van der Waals surface area contributed by atoms with Crippen LogP contribution in [0.15, 0.2) is 105 Å². The number of nitro benzene ring substituents is 2. The van der Waals surface area contributed by atoms with E-state index >= 15 is 0 Å². The molecule has 0 N–H and O–H groups in total. The molecule has 0 heterocycles. The maximum Gasteiger partial charge on any atom is 0.296 e. The number of hydrogen-bond donors (Lipinski definition) is 0. The Morgan fingerprint density at radius 3 is 1.15 bits per heavy atom. The molecule has 244 valence electrons. The Labute approximate surface area is 270 Å². The summed E-state index contributed by atoms with van der Waals surface area (Å²) in [5.41, 5.74) is -0.183. The maximum atomic E-state index is 13.6. The number of hydrogen-bond acceptors (Lipinski definition) is 10. The van der Waals surface area contributed by atoms with Gasteiger partial charge in [-0.1, -0.05) is 65.8 Å². The van der Waals surface area contributed by atoms with Crippen LogP contribution in [0.25, 0.3) is 0 Å². The second kappa shape index (κ2) is 12.7. The number of sulfone groups is 1. The van der Waals surface area contributed by atoms with Crippen molar-refractivity contribution in [3.63, 3.8) is 0 Å². The lowest BCUT2D eigenvalue weighted by molar-refractivity contribution is -0.384. The van der Waals surface area contributed by atoms with Crippen molar-refractivity contribution in [2.45, 2.75) is 62.2 Å². The van der Waals surface area contributed by atoms with Gasteiger partial charge in [-0.3, -0.25) is 20.2 Å². The normalized spacial score (nSPS) is 11.9. The Morgan fingerprint density at radius 1 is 0.574 bits per heavy atom. The molecule has 0 atom stereocenters. The zero-order valence-electron chi connectivity index (χ0n) is 26.4. The molecular formula is C32H32N6O8S. The summed E-state index contributed by atoms with van der Waals surface area (Å²) in [4.78, 5) is 45.1. The molecule has 0 spiro atoms. The Hall–Kier alpha value is -5.57. The van der Waals surface area contributed by atoms with Gasteiger partial charge in [-0.25, -0.2) is 8.42 Å². The van der Waals surface area contributed by atoms with Gasteiger partial charge in [0.15, 0.2) is 0 Å². The molecule has 4 aromatic rings. The molecule has 0 aliphatic heterocycles. The van der Waals surface area contributed by atoms with E-state index in [-0.39, 0.29) is 33.6 Å². The van der Waals surface area contributed by atoms with E-state index in [4.69, 9.17) is 0 Å². The zero-order valence-corrected chi connectivity index (χ0v) is 27.3. The molecule has 0 aliphatic rings. The number of benzene rings is 4. The quantitative estimate of drug-likeness (QED) is 0.0905. The minimum atomic E-state index is -4.59. The fraction of sp³-hybridized carbons (Fsp3) is 0.250. The molecule has 0 aliphatic carbocycles. The van der Waals surface area contributed by atoms with Crippen LogP contribution in [0.3, 0.4) is 0 Å². The summed E-state index contributed by atoms with van der Waals surface area (Å²) >= 11 is 0. The van der Waals surface area contributed by atoms with Gasteiger partial charge in [-0.05, 0) is 70.5 Å². The van der Waals surface area contributed by atoms with E-state index in [9.17, 15) is 38.5 Å². The highest BCUT2D eigenvalue weighted by molar-refractivity contribution is 7.91. The minimum Gasteiger partial charge on any atom is -0.258 e. The molecule has 4 rings (SSSR count). The third kappa shape index (κ3) is 6.99. The SMILES string of the molecule is CC(C)(C)c1ccc(N(N=O)c2ccc(S(=O)(=O)c3ccc(N(N=O)c4ccc(C(C)(C)C)cc4)c([N+](=O)[O-])c3)cc2[N+](=O)[O-])cc1. The summed E-state index contributed by atoms with van der Waals surface area (Å²) in [6.45, 7) is 11.9. The molecule has 0 bridgehead atoms. The highest BCUT2D eigenvalue weighted by atomic mass is 32.2. The average molecular weight is 661 g/mol. The fourth-order valence-electron chi connectivity index (χ4n) is 4.79. The van der Waals surface area contributed by atoms with E-state index in [1.807, 2.05) is 41.5 Å². The highest BCUT2D eigenvalue weighted by Crippen LogP contribution is 2.40. The standard InChI is InChI=1S/C32H32N6O8S/c1-31(2,3)21-7-11-23(12-8-21)35(33-39)27-17-15-25(19-29(27)37(41)42)47(45,46)26-16-18-28(30(20-26)38(43)44)36(34-40)24-13-9-22(10-14-24)32(4,5)6/h7-20H,1-6H3. The molecule has 0 amide bonds. The van der Waals surface area contributed by atoms with Crippen LogP contribution < -0.4 is 10.0 Å². The zero-order chi connectivity index (χ0) is 34.9. The summed E-state index contributed by atoms with van der Waals surface area (Å²) in [6.07, 6.45) is 0. The number of rotatable bonds is 10. The van der Waals surface area contributed by atoms with Gasteiger partial charge in [-0.15, -0.1) is 9.81 Å². The first kappa shape index (κ1) is 34.3. The van der Waals surface area contributed by atoms with Crippen LogP contribution in [0.5, 0.6) is 0 Å². The lowest BCUT2D eigenvalue weighted by Gasteiger charge is -2.21. The fourth-order valence-corrected chi connectivity index (χ4v) is 6.09. The van der Waals surface area contributed by atoms with Crippen molar-refractivity contribution in [2.75, 3.05) is 10.0 Å². The van der Waals surface area contributed by atoms with Crippen LogP contribution in [0.4, 0.5) is 34.1 Å². The van der Waals surface area contributed by atoms with E-state index in [0.717, 1.165) is 57.5 Å². The molecule has 14 nitrogen and oxygen atoms in total. The van der Waals surface area contributed by atoms with Crippen LogP contribution in [-0.4, -0.2) is 18.3 Å². The largest absolute Gasteiger partial charge is 0.296 e. The van der Waals surface area contributed by atoms with Crippen molar-refractivity contribution in [1.29, 1.82) is 0 Å². The van der Waals surface area contributed by atoms with E-state index in [2.05, 4.69) is 10.6 Å². The van der Waals surface area contributed by atoms with E-state index in [1.165, 1.54) is 0 Å². The van der Waals surface area contributed by atoms with Crippen LogP contribution in [0, 0.1) is 30.0 Å². The molecule has 0 saturated heterocycles. The van der Waals surface area contributed by atoms with Gasteiger partial charge in [0.2, 0.25) is 9.84 Å². The topological polar surface area (TPSA) is 186 Å². The number of nitro groups is 2. The predicted molar refractivity (Wildman–Crippen MR) is 178 cm³/mol. The van der Waals surface area contributed by atoms with Crippen molar-refractivity contribution in [1.82, 2.24) is 0 Å². The van der Waals surface area contributed by atoms with Crippen LogP contribution in [0.2, 0.25) is 0 Å². The molecule has 0 aromatic heterocycles. The van der Waals surface area contributed by atoms with Crippen molar-refractivity contribution in [2.24, 2.45) is 10.6 Å². The van der Waals surface area contributed by atoms with Gasteiger partial charge in [0.25, 0.3) is 11.4 Å². The smallest absolute Gasteiger partial charge is 0.258 e. The first-order valence-corrected chi connectivity index (χ1v) is 15.7. The van der Waals surface area contributed by atoms with Crippen molar-refractivity contribution in [3.8, 4) is 0 Å². The van der Waals surface area contributed by atoms with Crippen LogP contribution in [0.1, 0.15) is 52.7 Å². The summed E-state index contributed by atoms with van der Waals surface area (Å²) in [5.74, 6) is 0. The van der Waals surface area contributed by atoms with E-state index in [0.29, 0.717) is 0 Å². The third-order valence-electron chi connectivity index (χ3n) is 7.48. The third-order valence-corrected chi connectivity index (χ3v) is 9.23. The number of nitrogens with zero attached hydrogens (tertiary/aromatic N) is 6. The van der Waals surface area contributed by atoms with Crippen molar-refractivity contribution in [3.05, 3.63) is 126 Å². The monoisotopic (exact) mass is 660 g/mol. The van der Waals surface area contributed by atoms with Gasteiger partial charge < -0.3 is 0 Å². The van der Waals surface area contributed by atoms with E-state index in [1.54, 1.807) is 48.5 Å². The van der Waals surface area contributed by atoms with Crippen molar-refractivity contribution >= 4 is 44.0 Å². The second-order valence-corrected chi connectivity index (χ2v) is 14.6. The Morgan fingerprint density at radius 2 is 0.894 bits per heavy atom. The van der Waals surface area contributed by atoms with Crippen LogP contribution in [-0.2, 0) is 20.7 Å². The van der Waals surface area contributed by atoms with Gasteiger partial charge >= 0.3 is 0 Å². The first-order chi connectivity index (χ1) is 21.9. The minimum absolute atomic E-state index is 0.201. The molecule has 47 heavy (non-hydrogen) atoms. The summed E-state index contributed by atoms with van der Waals surface area (Å²) in [5, 5.41) is 31.6. The van der Waals surface area contributed by atoms with Crippen molar-refractivity contribution < 1.29 is 18.3 Å². The molecule has 0 fully saturated rings. The second-order valence-electron chi connectivity index (χ2n) is 12.7. The van der Waals surface area contributed by atoms with Gasteiger partial charge in [0.05, 0.1) is 41.6 Å². The first-order valence-electron chi connectivity index (χ1n) is 14.2. The highest BCUT2D eigenvalue weighted by Gasteiger charge is 2.30. The lowest BCUT2D eigenvalue weighted by Crippen LogP contribution is -2.14. The van der Waals surface area contributed by atoms with E-state index < -0.39 is 40.8 Å². The number of anilines is 4. The Balaban J connectivity index is 1.76. The van der Waals surface area contributed by atoms with Gasteiger partial charge in [0.1, 0.15) is 11.4 Å². The molecule has 15 heteroatoms. The predicted octanol–water partition coefficient (Wildman–Crippen LogP) is 8.57.